The number of nitrogens with zero attached hydrogens (tertiary/aromatic N) is 2. The molecule has 0 heterocycles. The number of carbonyl (C=O) groups excluding carboxylic acids is 2. The van der Waals surface area contributed by atoms with Gasteiger partial charge in [-0.05, 0) is 55.3 Å². The van der Waals surface area contributed by atoms with Crippen LogP contribution in [0.2, 0.25) is 10.0 Å². The zero-order chi connectivity index (χ0) is 29.3. The van der Waals surface area contributed by atoms with E-state index in [9.17, 15) is 18.0 Å². The molecule has 0 spiro atoms. The van der Waals surface area contributed by atoms with Crippen molar-refractivity contribution in [3.63, 3.8) is 0 Å². The van der Waals surface area contributed by atoms with Crippen LogP contribution >= 0.6 is 23.2 Å². The maximum atomic E-state index is 14.0. The summed E-state index contributed by atoms with van der Waals surface area (Å²) >= 11 is 12.3. The second-order valence-corrected chi connectivity index (χ2v) is 11.8. The van der Waals surface area contributed by atoms with Gasteiger partial charge in [-0.2, -0.15) is 0 Å². The Hall–Kier alpha value is -3.27. The second kappa shape index (κ2) is 14.4. The van der Waals surface area contributed by atoms with Crippen molar-refractivity contribution in [3.05, 3.63) is 88.4 Å². The summed E-state index contributed by atoms with van der Waals surface area (Å²) in [5.41, 5.74) is 0.822. The normalized spacial score (nSPS) is 11.9. The molecule has 11 heteroatoms. The zero-order valence-electron chi connectivity index (χ0n) is 22.6. The van der Waals surface area contributed by atoms with Gasteiger partial charge in [-0.3, -0.25) is 13.9 Å². The highest BCUT2D eigenvalue weighted by Gasteiger charge is 2.33. The molecule has 0 aliphatic rings. The second-order valence-electron chi connectivity index (χ2n) is 9.09. The molecule has 0 saturated heterocycles. The predicted octanol–water partition coefficient (Wildman–Crippen LogP) is 5.53. The molecule has 3 aromatic carbocycles. The Morgan fingerprint density at radius 3 is 2.30 bits per heavy atom. The van der Waals surface area contributed by atoms with E-state index in [1.807, 2.05) is 6.92 Å². The minimum atomic E-state index is -4.20. The van der Waals surface area contributed by atoms with Gasteiger partial charge in [0.05, 0.1) is 27.7 Å². The third-order valence-electron chi connectivity index (χ3n) is 6.30. The number of unbranched alkanes of at least 4 members (excludes halogenated alkanes) is 1. The summed E-state index contributed by atoms with van der Waals surface area (Å²) in [5, 5.41) is 3.50. The van der Waals surface area contributed by atoms with Crippen LogP contribution < -0.4 is 14.4 Å². The van der Waals surface area contributed by atoms with Gasteiger partial charge in [0.15, 0.2) is 0 Å². The molecule has 0 bridgehead atoms. The van der Waals surface area contributed by atoms with E-state index in [2.05, 4.69) is 5.32 Å². The molecule has 0 saturated carbocycles. The van der Waals surface area contributed by atoms with Crippen molar-refractivity contribution in [1.82, 2.24) is 10.2 Å². The first-order valence-electron chi connectivity index (χ1n) is 12.8. The van der Waals surface area contributed by atoms with E-state index in [0.717, 1.165) is 17.1 Å². The number of nitrogens with one attached hydrogen (secondary N) is 1. The van der Waals surface area contributed by atoms with Gasteiger partial charge in [0, 0.05) is 13.1 Å². The number of anilines is 1. The van der Waals surface area contributed by atoms with Crippen LogP contribution in [0.5, 0.6) is 5.75 Å². The van der Waals surface area contributed by atoms with Crippen LogP contribution in [0.25, 0.3) is 0 Å². The molecule has 214 valence electrons. The topological polar surface area (TPSA) is 96.0 Å². The minimum absolute atomic E-state index is 0.00321. The van der Waals surface area contributed by atoms with Gasteiger partial charge in [-0.15, -0.1) is 0 Å². The maximum Gasteiger partial charge on any atom is 0.264 e. The molecule has 8 nitrogen and oxygen atoms in total. The van der Waals surface area contributed by atoms with E-state index in [4.69, 9.17) is 27.9 Å². The van der Waals surface area contributed by atoms with Crippen molar-refractivity contribution in [2.75, 3.05) is 24.5 Å². The van der Waals surface area contributed by atoms with E-state index >= 15 is 0 Å². The van der Waals surface area contributed by atoms with Crippen molar-refractivity contribution in [2.24, 2.45) is 0 Å². The van der Waals surface area contributed by atoms with E-state index < -0.39 is 28.5 Å². The molecule has 0 aliphatic carbocycles. The number of halogens is 2. The highest BCUT2D eigenvalue weighted by atomic mass is 35.5. The van der Waals surface area contributed by atoms with E-state index in [0.29, 0.717) is 22.2 Å². The Labute approximate surface area is 245 Å². The van der Waals surface area contributed by atoms with Crippen LogP contribution in [0.4, 0.5) is 5.69 Å². The monoisotopic (exact) mass is 605 g/mol. The highest BCUT2D eigenvalue weighted by molar-refractivity contribution is 7.92. The van der Waals surface area contributed by atoms with Gasteiger partial charge in [-0.1, -0.05) is 72.9 Å². The van der Waals surface area contributed by atoms with E-state index in [-0.39, 0.29) is 28.8 Å². The van der Waals surface area contributed by atoms with Gasteiger partial charge < -0.3 is 15.0 Å². The first kappa shape index (κ1) is 31.3. The van der Waals surface area contributed by atoms with E-state index in [1.165, 1.54) is 24.1 Å². The fourth-order valence-electron chi connectivity index (χ4n) is 4.02. The Kier molecular flexibility index (Phi) is 11.2. The summed E-state index contributed by atoms with van der Waals surface area (Å²) in [7, 11) is -2.77. The fraction of sp³-hybridized carbons (Fsp3) is 0.310. The Bertz CT molecular complexity index is 1420. The summed E-state index contributed by atoms with van der Waals surface area (Å²) in [6, 6.07) is 18.4. The number of hydrogen-bond acceptors (Lipinski definition) is 5. The molecule has 0 unspecified atom stereocenters. The first-order chi connectivity index (χ1) is 19.1. The van der Waals surface area contributed by atoms with Crippen LogP contribution in [0.3, 0.4) is 0 Å². The number of methoxy groups -OCH3 is 1. The molecule has 0 aliphatic heterocycles. The van der Waals surface area contributed by atoms with Crippen LogP contribution in [-0.2, 0) is 26.2 Å². The number of benzene rings is 3. The Morgan fingerprint density at radius 2 is 1.65 bits per heavy atom. The highest BCUT2D eigenvalue weighted by Crippen LogP contribution is 2.32. The number of para-hydroxylation sites is 2. The van der Waals surface area contributed by atoms with Gasteiger partial charge in [0.1, 0.15) is 18.3 Å². The van der Waals surface area contributed by atoms with Crippen LogP contribution in [0.15, 0.2) is 77.7 Å². The number of rotatable bonds is 13. The van der Waals surface area contributed by atoms with Gasteiger partial charge in [-0.25, -0.2) is 8.42 Å². The number of amides is 2. The molecule has 40 heavy (non-hydrogen) atoms. The lowest BCUT2D eigenvalue weighted by Gasteiger charge is -2.32. The lowest BCUT2D eigenvalue weighted by atomic mass is 10.1. The van der Waals surface area contributed by atoms with Gasteiger partial charge in [0.25, 0.3) is 10.0 Å². The largest absolute Gasteiger partial charge is 0.495 e. The quantitative estimate of drug-likeness (QED) is 0.258. The van der Waals surface area contributed by atoms with Gasteiger partial charge >= 0.3 is 0 Å². The molecule has 1 atom stereocenters. The third kappa shape index (κ3) is 7.68. The Morgan fingerprint density at radius 1 is 0.975 bits per heavy atom. The average Bonchev–Trinajstić information content (AvgIpc) is 2.96. The van der Waals surface area contributed by atoms with Crippen LogP contribution in [0.1, 0.15) is 32.3 Å². The van der Waals surface area contributed by atoms with Crippen molar-refractivity contribution >= 4 is 50.7 Å². The lowest BCUT2D eigenvalue weighted by molar-refractivity contribution is -0.139. The number of hydrogen-bond donors (Lipinski definition) is 1. The summed E-state index contributed by atoms with van der Waals surface area (Å²) in [6.07, 6.45) is 1.68. The average molecular weight is 607 g/mol. The van der Waals surface area contributed by atoms with E-state index in [1.54, 1.807) is 67.6 Å². The minimum Gasteiger partial charge on any atom is -0.495 e. The van der Waals surface area contributed by atoms with Crippen molar-refractivity contribution in [3.8, 4) is 5.75 Å². The molecule has 3 aromatic rings. The molecule has 0 fully saturated rings. The molecule has 0 radical (unpaired) electrons. The maximum absolute atomic E-state index is 14.0. The zero-order valence-corrected chi connectivity index (χ0v) is 25.0. The predicted molar refractivity (Wildman–Crippen MR) is 158 cm³/mol. The lowest BCUT2D eigenvalue weighted by Crippen LogP contribution is -2.51. The summed E-state index contributed by atoms with van der Waals surface area (Å²) in [6.45, 7) is 3.50. The summed E-state index contributed by atoms with van der Waals surface area (Å²) in [4.78, 5) is 28.4. The van der Waals surface area contributed by atoms with Crippen molar-refractivity contribution < 1.29 is 22.7 Å². The first-order valence-corrected chi connectivity index (χ1v) is 15.0. The smallest absolute Gasteiger partial charge is 0.264 e. The van der Waals surface area contributed by atoms with Crippen molar-refractivity contribution in [1.29, 1.82) is 0 Å². The fourth-order valence-corrected chi connectivity index (χ4v) is 5.79. The molecular formula is C29H33Cl2N3O5S. The number of ether oxygens (including phenoxy) is 1. The third-order valence-corrected chi connectivity index (χ3v) is 8.81. The molecule has 2 amide bonds. The molecular weight excluding hydrogens is 573 g/mol. The van der Waals surface area contributed by atoms with Gasteiger partial charge in [0.2, 0.25) is 11.8 Å². The summed E-state index contributed by atoms with van der Waals surface area (Å²) in [5.74, 6) is -0.664. The van der Waals surface area contributed by atoms with Crippen LogP contribution in [0, 0.1) is 0 Å². The SMILES string of the molecule is CCCCNC(=O)[C@@H](C)N(Cc1ccc(Cl)c(Cl)c1)C(=O)CN(c1ccccc1OC)S(=O)(=O)c1ccccc1. The summed E-state index contributed by atoms with van der Waals surface area (Å²) < 4.78 is 34.2. The number of sulfonamides is 1. The number of carbonyl (C=O) groups is 2. The molecule has 1 N–H and O–H groups in total. The molecule has 0 aromatic heterocycles. The van der Waals surface area contributed by atoms with Crippen molar-refractivity contribution in [2.45, 2.75) is 44.2 Å². The Balaban J connectivity index is 2.04. The van der Waals surface area contributed by atoms with Crippen LogP contribution in [-0.4, -0.2) is 51.4 Å². The molecule has 3 rings (SSSR count). The standard InChI is InChI=1S/C29H33Cl2N3O5S/c1-4-5-17-32-29(36)21(2)33(19-22-15-16-24(30)25(31)18-22)28(35)20-34(26-13-9-10-14-27(26)39-3)40(37,38)23-11-7-6-8-12-23/h6-16,18,21H,4-5,17,19-20H2,1-3H3,(H,32,36)/t21-/m1/s1.